The number of aryl methyl sites for hydroxylation is 2. The third-order valence-electron chi connectivity index (χ3n) is 1.89. The minimum absolute atomic E-state index is 0.256. The first-order chi connectivity index (χ1) is 6.63. The van der Waals surface area contributed by atoms with Gasteiger partial charge in [0.1, 0.15) is 11.5 Å². The van der Waals surface area contributed by atoms with Gasteiger partial charge in [-0.05, 0) is 20.3 Å². The molecule has 0 atom stereocenters. The number of thioether (sulfide) groups is 1. The fourth-order valence-corrected chi connectivity index (χ4v) is 1.81. The molecule has 1 aromatic rings. The molecule has 78 valence electrons. The number of ketones is 1. The van der Waals surface area contributed by atoms with E-state index >= 15 is 0 Å². The predicted molar refractivity (Wildman–Crippen MR) is 56.6 cm³/mol. The van der Waals surface area contributed by atoms with E-state index in [-0.39, 0.29) is 5.78 Å². The molecule has 0 aliphatic heterocycles. The number of nitrogens with zero attached hydrogens (tertiary/aromatic N) is 1. The first-order valence-corrected chi connectivity index (χ1v) is 5.70. The zero-order valence-corrected chi connectivity index (χ0v) is 9.61. The summed E-state index contributed by atoms with van der Waals surface area (Å²) in [4.78, 5) is 15.4. The highest BCUT2D eigenvalue weighted by atomic mass is 32.2. The second-order valence-corrected chi connectivity index (χ2v) is 4.13. The van der Waals surface area contributed by atoms with Crippen molar-refractivity contribution in [1.29, 1.82) is 0 Å². The lowest BCUT2D eigenvalue weighted by Gasteiger charge is -1.94. The predicted octanol–water partition coefficient (Wildman–Crippen LogP) is 2.75. The Balaban J connectivity index is 2.42. The van der Waals surface area contributed by atoms with E-state index in [1.807, 2.05) is 20.8 Å². The standard InChI is InChI=1S/C10H15NO2S/c1-4-5-9(12)6-14-10-11-7(2)8(3)13-10/h4-6H2,1-3H3. The number of aromatic nitrogens is 1. The summed E-state index contributed by atoms with van der Waals surface area (Å²) in [6, 6.07) is 0. The zero-order chi connectivity index (χ0) is 10.6. The van der Waals surface area contributed by atoms with E-state index in [9.17, 15) is 4.79 Å². The molecule has 14 heavy (non-hydrogen) atoms. The number of oxazole rings is 1. The van der Waals surface area contributed by atoms with Crippen molar-refractivity contribution in [2.24, 2.45) is 0 Å². The highest BCUT2D eigenvalue weighted by molar-refractivity contribution is 7.99. The van der Waals surface area contributed by atoms with Gasteiger partial charge in [0, 0.05) is 6.42 Å². The van der Waals surface area contributed by atoms with Crippen LogP contribution < -0.4 is 0 Å². The van der Waals surface area contributed by atoms with E-state index in [1.54, 1.807) is 0 Å². The van der Waals surface area contributed by atoms with Gasteiger partial charge in [-0.2, -0.15) is 0 Å². The summed E-state index contributed by atoms with van der Waals surface area (Å²) < 4.78 is 5.34. The molecular weight excluding hydrogens is 198 g/mol. The van der Waals surface area contributed by atoms with Crippen molar-refractivity contribution in [3.8, 4) is 0 Å². The molecule has 0 spiro atoms. The molecule has 0 bridgehead atoms. The maximum Gasteiger partial charge on any atom is 0.256 e. The SMILES string of the molecule is CCCC(=O)CSc1nc(C)c(C)o1. The molecule has 0 saturated heterocycles. The second-order valence-electron chi connectivity index (χ2n) is 3.20. The maximum absolute atomic E-state index is 11.2. The molecule has 0 unspecified atom stereocenters. The summed E-state index contributed by atoms with van der Waals surface area (Å²) >= 11 is 1.38. The topological polar surface area (TPSA) is 43.1 Å². The third-order valence-corrected chi connectivity index (χ3v) is 2.78. The fraction of sp³-hybridized carbons (Fsp3) is 0.600. The largest absolute Gasteiger partial charge is 0.437 e. The number of hydrogen-bond donors (Lipinski definition) is 0. The molecule has 0 fully saturated rings. The number of Topliss-reactive ketones (excluding diaryl/α,β-unsaturated/α-hetero) is 1. The summed E-state index contributed by atoms with van der Waals surface area (Å²) in [6.45, 7) is 5.78. The van der Waals surface area contributed by atoms with Gasteiger partial charge in [-0.25, -0.2) is 4.98 Å². The lowest BCUT2D eigenvalue weighted by molar-refractivity contribution is -0.116. The van der Waals surface area contributed by atoms with Gasteiger partial charge < -0.3 is 4.42 Å². The molecule has 1 aromatic heterocycles. The monoisotopic (exact) mass is 213 g/mol. The number of carbonyl (C=O) groups excluding carboxylic acids is 1. The number of rotatable bonds is 5. The normalized spacial score (nSPS) is 10.5. The van der Waals surface area contributed by atoms with Crippen LogP contribution in [0.25, 0.3) is 0 Å². The van der Waals surface area contributed by atoms with Crippen LogP contribution >= 0.6 is 11.8 Å². The average molecular weight is 213 g/mol. The summed E-state index contributed by atoms with van der Waals surface area (Å²) in [6.07, 6.45) is 1.55. The third kappa shape index (κ3) is 3.18. The summed E-state index contributed by atoms with van der Waals surface area (Å²) in [7, 11) is 0. The van der Waals surface area contributed by atoms with Crippen molar-refractivity contribution in [2.45, 2.75) is 38.8 Å². The van der Waals surface area contributed by atoms with Crippen LogP contribution in [0.5, 0.6) is 0 Å². The van der Waals surface area contributed by atoms with Crippen molar-refractivity contribution in [2.75, 3.05) is 5.75 Å². The van der Waals surface area contributed by atoms with Crippen LogP contribution in [0.3, 0.4) is 0 Å². The number of carbonyl (C=O) groups is 1. The van der Waals surface area contributed by atoms with Gasteiger partial charge in [-0.1, -0.05) is 18.7 Å². The minimum atomic E-state index is 0.256. The smallest absolute Gasteiger partial charge is 0.256 e. The molecule has 0 saturated carbocycles. The van der Waals surface area contributed by atoms with Gasteiger partial charge >= 0.3 is 0 Å². The Morgan fingerprint density at radius 2 is 2.21 bits per heavy atom. The van der Waals surface area contributed by atoms with Gasteiger partial charge in [-0.3, -0.25) is 4.79 Å². The molecule has 1 heterocycles. The van der Waals surface area contributed by atoms with E-state index in [1.165, 1.54) is 11.8 Å². The van der Waals surface area contributed by atoms with Crippen molar-refractivity contribution >= 4 is 17.5 Å². The maximum atomic E-state index is 11.2. The van der Waals surface area contributed by atoms with Gasteiger partial charge in [-0.15, -0.1) is 0 Å². The van der Waals surface area contributed by atoms with Gasteiger partial charge in [0.25, 0.3) is 5.22 Å². The Hall–Kier alpha value is -0.770. The fourth-order valence-electron chi connectivity index (χ4n) is 0.998. The summed E-state index contributed by atoms with van der Waals surface area (Å²) in [5.74, 6) is 1.55. The molecule has 0 aliphatic carbocycles. The highest BCUT2D eigenvalue weighted by Crippen LogP contribution is 2.20. The molecule has 0 N–H and O–H groups in total. The first kappa shape index (κ1) is 11.3. The van der Waals surface area contributed by atoms with Crippen LogP contribution in [0.4, 0.5) is 0 Å². The zero-order valence-electron chi connectivity index (χ0n) is 8.79. The molecule has 4 heteroatoms. The van der Waals surface area contributed by atoms with Crippen LogP contribution in [0.15, 0.2) is 9.64 Å². The molecule has 0 amide bonds. The minimum Gasteiger partial charge on any atom is -0.437 e. The lowest BCUT2D eigenvalue weighted by Crippen LogP contribution is -1.99. The quantitative estimate of drug-likeness (QED) is 0.705. The van der Waals surface area contributed by atoms with Gasteiger partial charge in [0.05, 0.1) is 11.4 Å². The van der Waals surface area contributed by atoms with Crippen molar-refractivity contribution in [1.82, 2.24) is 4.98 Å². The second kappa shape index (κ2) is 5.20. The summed E-state index contributed by atoms with van der Waals surface area (Å²) in [5.41, 5.74) is 0.899. The Morgan fingerprint density at radius 1 is 1.50 bits per heavy atom. The van der Waals surface area contributed by atoms with Crippen LogP contribution in [0.2, 0.25) is 0 Å². The van der Waals surface area contributed by atoms with Crippen molar-refractivity contribution in [3.05, 3.63) is 11.5 Å². The highest BCUT2D eigenvalue weighted by Gasteiger charge is 2.08. The Kier molecular flexibility index (Phi) is 4.20. The van der Waals surface area contributed by atoms with E-state index in [2.05, 4.69) is 4.98 Å². The molecular formula is C10H15NO2S. The van der Waals surface area contributed by atoms with Crippen molar-refractivity contribution < 1.29 is 9.21 Å². The Morgan fingerprint density at radius 3 is 2.71 bits per heavy atom. The molecule has 0 radical (unpaired) electrons. The molecule has 3 nitrogen and oxygen atoms in total. The lowest BCUT2D eigenvalue weighted by atomic mass is 10.3. The molecule has 0 aliphatic rings. The number of hydrogen-bond acceptors (Lipinski definition) is 4. The Labute approximate surface area is 88.3 Å². The van der Waals surface area contributed by atoms with Crippen LogP contribution in [0, 0.1) is 13.8 Å². The molecule has 1 rings (SSSR count). The van der Waals surface area contributed by atoms with E-state index in [4.69, 9.17) is 4.42 Å². The first-order valence-electron chi connectivity index (χ1n) is 4.72. The van der Waals surface area contributed by atoms with E-state index in [0.717, 1.165) is 17.9 Å². The average Bonchev–Trinajstić information content (AvgIpc) is 2.44. The van der Waals surface area contributed by atoms with Crippen LogP contribution in [-0.2, 0) is 4.79 Å². The Bertz CT molecular complexity index is 300. The summed E-state index contributed by atoms with van der Waals surface area (Å²) in [5, 5.41) is 0.601. The molecule has 0 aromatic carbocycles. The van der Waals surface area contributed by atoms with Gasteiger partial charge in [0.2, 0.25) is 0 Å². The van der Waals surface area contributed by atoms with Crippen LogP contribution in [-0.4, -0.2) is 16.5 Å². The van der Waals surface area contributed by atoms with Crippen molar-refractivity contribution in [3.63, 3.8) is 0 Å². The van der Waals surface area contributed by atoms with Crippen LogP contribution in [0.1, 0.15) is 31.2 Å². The van der Waals surface area contributed by atoms with E-state index < -0.39 is 0 Å². The van der Waals surface area contributed by atoms with Gasteiger partial charge in [0.15, 0.2) is 0 Å². The van der Waals surface area contributed by atoms with E-state index in [0.29, 0.717) is 17.4 Å².